The van der Waals surface area contributed by atoms with Crippen molar-refractivity contribution in [2.24, 2.45) is 5.73 Å². The molecule has 1 rings (SSSR count). The summed E-state index contributed by atoms with van der Waals surface area (Å²) in [6.07, 6.45) is 0.174. The lowest BCUT2D eigenvalue weighted by molar-refractivity contribution is -0.117. The van der Waals surface area contributed by atoms with Crippen molar-refractivity contribution in [1.29, 1.82) is 0 Å². The highest BCUT2D eigenvalue weighted by Crippen LogP contribution is 2.17. The van der Waals surface area contributed by atoms with Crippen molar-refractivity contribution in [2.75, 3.05) is 11.9 Å². The first-order valence-electron chi connectivity index (χ1n) is 4.87. The van der Waals surface area contributed by atoms with Gasteiger partial charge < -0.3 is 16.2 Å². The monoisotopic (exact) mass is 222 g/mol. The molecule has 5 nitrogen and oxygen atoms in total. The van der Waals surface area contributed by atoms with Gasteiger partial charge in [0.25, 0.3) is 0 Å². The molecule has 0 fully saturated rings. The molecular formula is C11H14N2O3. The second-order valence-electron chi connectivity index (χ2n) is 3.50. The summed E-state index contributed by atoms with van der Waals surface area (Å²) in [6, 6.07) is 5.06. The predicted molar refractivity (Wildman–Crippen MR) is 60.4 cm³/mol. The zero-order valence-electron chi connectivity index (χ0n) is 8.99. The number of primary amides is 1. The average molecular weight is 222 g/mol. The van der Waals surface area contributed by atoms with Crippen molar-refractivity contribution in [3.05, 3.63) is 29.3 Å². The fourth-order valence-corrected chi connectivity index (χ4v) is 1.31. The number of rotatable bonds is 5. The van der Waals surface area contributed by atoms with E-state index in [1.165, 1.54) is 0 Å². The Balaban J connectivity index is 2.78. The first-order valence-corrected chi connectivity index (χ1v) is 4.87. The molecule has 4 N–H and O–H groups in total. The van der Waals surface area contributed by atoms with Crippen LogP contribution in [-0.4, -0.2) is 23.5 Å². The van der Waals surface area contributed by atoms with Crippen LogP contribution in [0.5, 0.6) is 0 Å². The summed E-state index contributed by atoms with van der Waals surface area (Å²) in [6.45, 7) is 2.15. The molecule has 0 bridgehead atoms. The highest BCUT2D eigenvalue weighted by Gasteiger charge is 2.09. The average Bonchev–Trinajstić information content (AvgIpc) is 2.19. The summed E-state index contributed by atoms with van der Waals surface area (Å²) in [5.41, 5.74) is 6.55. The van der Waals surface area contributed by atoms with Gasteiger partial charge in [-0.2, -0.15) is 0 Å². The summed E-state index contributed by atoms with van der Waals surface area (Å²) in [5, 5.41) is 11.8. The maximum absolute atomic E-state index is 10.9. The Morgan fingerprint density at radius 3 is 2.69 bits per heavy atom. The molecule has 0 saturated heterocycles. The van der Waals surface area contributed by atoms with Crippen LogP contribution in [0.4, 0.5) is 5.69 Å². The standard InChI is InChI=1S/C11H14N2O3/c1-7-2-3-9(8(6-7)11(15)16)13-5-4-10(12)14/h2-3,6,13H,4-5H2,1H3,(H2,12,14)(H,15,16). The Hall–Kier alpha value is -2.04. The number of aromatic carboxylic acids is 1. The minimum atomic E-state index is -0.995. The number of amides is 1. The topological polar surface area (TPSA) is 92.4 Å². The number of aryl methyl sites for hydroxylation is 1. The fourth-order valence-electron chi connectivity index (χ4n) is 1.31. The van der Waals surface area contributed by atoms with Crippen LogP contribution in [0.2, 0.25) is 0 Å². The third-order valence-electron chi connectivity index (χ3n) is 2.09. The molecule has 86 valence electrons. The van der Waals surface area contributed by atoms with Gasteiger partial charge in [0.2, 0.25) is 5.91 Å². The third-order valence-corrected chi connectivity index (χ3v) is 2.09. The summed E-state index contributed by atoms with van der Waals surface area (Å²) in [7, 11) is 0. The Bertz CT molecular complexity index is 416. The second kappa shape index (κ2) is 5.16. The predicted octanol–water partition coefficient (Wildman–Crippen LogP) is 0.981. The van der Waals surface area contributed by atoms with E-state index in [-0.39, 0.29) is 12.0 Å². The van der Waals surface area contributed by atoms with Gasteiger partial charge in [-0.05, 0) is 19.1 Å². The number of benzene rings is 1. The smallest absolute Gasteiger partial charge is 0.337 e. The number of anilines is 1. The minimum Gasteiger partial charge on any atom is -0.478 e. The van der Waals surface area contributed by atoms with Crippen molar-refractivity contribution in [3.63, 3.8) is 0 Å². The SMILES string of the molecule is Cc1ccc(NCCC(N)=O)c(C(=O)O)c1. The van der Waals surface area contributed by atoms with Crippen LogP contribution >= 0.6 is 0 Å². The Morgan fingerprint density at radius 1 is 1.44 bits per heavy atom. The van der Waals surface area contributed by atoms with Crippen LogP contribution in [0.25, 0.3) is 0 Å². The molecule has 0 atom stereocenters. The van der Waals surface area contributed by atoms with Crippen LogP contribution in [0, 0.1) is 6.92 Å². The molecule has 5 heteroatoms. The molecule has 0 aliphatic heterocycles. The summed E-state index contributed by atoms with van der Waals surface area (Å²) < 4.78 is 0. The van der Waals surface area contributed by atoms with E-state index in [0.29, 0.717) is 12.2 Å². The second-order valence-corrected chi connectivity index (χ2v) is 3.50. The van der Waals surface area contributed by atoms with Gasteiger partial charge >= 0.3 is 5.97 Å². The van der Waals surface area contributed by atoms with E-state index in [9.17, 15) is 9.59 Å². The van der Waals surface area contributed by atoms with Gasteiger partial charge in [0.15, 0.2) is 0 Å². The minimum absolute atomic E-state index is 0.174. The van der Waals surface area contributed by atoms with Crippen molar-refractivity contribution in [2.45, 2.75) is 13.3 Å². The lowest BCUT2D eigenvalue weighted by Crippen LogP contribution is -2.16. The van der Waals surface area contributed by atoms with Crippen LogP contribution in [-0.2, 0) is 4.79 Å². The van der Waals surface area contributed by atoms with Gasteiger partial charge in [-0.1, -0.05) is 11.6 Å². The van der Waals surface area contributed by atoms with Crippen molar-refractivity contribution < 1.29 is 14.7 Å². The van der Waals surface area contributed by atoms with E-state index in [2.05, 4.69) is 5.32 Å². The number of carboxylic acid groups (broad SMARTS) is 1. The van der Waals surface area contributed by atoms with E-state index in [1.54, 1.807) is 18.2 Å². The number of hydrogen-bond acceptors (Lipinski definition) is 3. The van der Waals surface area contributed by atoms with Gasteiger partial charge in [-0.3, -0.25) is 4.79 Å². The number of carbonyl (C=O) groups is 2. The van der Waals surface area contributed by atoms with Gasteiger partial charge in [0.05, 0.1) is 5.56 Å². The normalized spacial score (nSPS) is 9.81. The number of carbonyl (C=O) groups excluding carboxylic acids is 1. The third kappa shape index (κ3) is 3.27. The van der Waals surface area contributed by atoms with E-state index in [1.807, 2.05) is 6.92 Å². The first-order chi connectivity index (χ1) is 7.50. The molecule has 0 saturated carbocycles. The van der Waals surface area contributed by atoms with E-state index in [0.717, 1.165) is 5.56 Å². The lowest BCUT2D eigenvalue weighted by atomic mass is 10.1. The highest BCUT2D eigenvalue weighted by molar-refractivity contribution is 5.94. The maximum atomic E-state index is 10.9. The summed E-state index contributed by atoms with van der Waals surface area (Å²) >= 11 is 0. The molecule has 16 heavy (non-hydrogen) atoms. The summed E-state index contributed by atoms with van der Waals surface area (Å²) in [4.78, 5) is 21.5. The van der Waals surface area contributed by atoms with Crippen molar-refractivity contribution >= 4 is 17.6 Å². The highest BCUT2D eigenvalue weighted by atomic mass is 16.4. The van der Waals surface area contributed by atoms with Gasteiger partial charge in [-0.25, -0.2) is 4.79 Å². The molecule has 0 radical (unpaired) electrons. The van der Waals surface area contributed by atoms with Crippen LogP contribution in [0.1, 0.15) is 22.3 Å². The Morgan fingerprint density at radius 2 is 2.12 bits per heavy atom. The number of nitrogens with two attached hydrogens (primary N) is 1. The molecule has 0 spiro atoms. The maximum Gasteiger partial charge on any atom is 0.337 e. The Labute approximate surface area is 93.3 Å². The van der Waals surface area contributed by atoms with Gasteiger partial charge in [0.1, 0.15) is 0 Å². The quantitative estimate of drug-likeness (QED) is 0.692. The summed E-state index contributed by atoms with van der Waals surface area (Å²) in [5.74, 6) is -1.42. The number of hydrogen-bond donors (Lipinski definition) is 3. The number of carboxylic acids is 1. The molecule has 0 aromatic heterocycles. The fraction of sp³-hybridized carbons (Fsp3) is 0.273. The molecular weight excluding hydrogens is 208 g/mol. The van der Waals surface area contributed by atoms with E-state index >= 15 is 0 Å². The van der Waals surface area contributed by atoms with Crippen LogP contribution in [0.15, 0.2) is 18.2 Å². The van der Waals surface area contributed by atoms with Gasteiger partial charge in [-0.15, -0.1) is 0 Å². The number of nitrogens with one attached hydrogen (secondary N) is 1. The molecule has 1 aromatic carbocycles. The van der Waals surface area contributed by atoms with E-state index < -0.39 is 11.9 Å². The van der Waals surface area contributed by atoms with Crippen LogP contribution in [0.3, 0.4) is 0 Å². The Kier molecular flexibility index (Phi) is 3.88. The molecule has 1 amide bonds. The van der Waals surface area contributed by atoms with Gasteiger partial charge in [0, 0.05) is 18.7 Å². The lowest BCUT2D eigenvalue weighted by Gasteiger charge is -2.09. The molecule has 0 unspecified atom stereocenters. The first kappa shape index (κ1) is 12.0. The molecule has 1 aromatic rings. The van der Waals surface area contributed by atoms with Crippen molar-refractivity contribution in [1.82, 2.24) is 0 Å². The largest absolute Gasteiger partial charge is 0.478 e. The van der Waals surface area contributed by atoms with Crippen molar-refractivity contribution in [3.8, 4) is 0 Å². The van der Waals surface area contributed by atoms with Crippen LogP contribution < -0.4 is 11.1 Å². The van der Waals surface area contributed by atoms with E-state index in [4.69, 9.17) is 10.8 Å². The molecule has 0 aliphatic carbocycles. The molecule has 0 aliphatic rings. The molecule has 0 heterocycles. The zero-order chi connectivity index (χ0) is 12.1. The zero-order valence-corrected chi connectivity index (χ0v) is 8.99.